The summed E-state index contributed by atoms with van der Waals surface area (Å²) in [4.78, 5) is 45.7. The van der Waals surface area contributed by atoms with Crippen LogP contribution in [-0.2, 0) is 15.8 Å². The van der Waals surface area contributed by atoms with Crippen LogP contribution in [-0.4, -0.2) is 59.2 Å². The molecule has 0 saturated carbocycles. The van der Waals surface area contributed by atoms with Crippen LogP contribution in [0.5, 0.6) is 0 Å². The van der Waals surface area contributed by atoms with E-state index in [9.17, 15) is 9.59 Å². The van der Waals surface area contributed by atoms with Crippen LogP contribution >= 0.6 is 0 Å². The molecule has 15 heteroatoms. The average Bonchev–Trinajstić information content (AvgIpc) is 3.39. The van der Waals surface area contributed by atoms with Crippen molar-refractivity contribution in [2.24, 2.45) is 11.5 Å². The number of nitrogens with zero attached hydrogens (tertiary/aromatic N) is 6. The lowest BCUT2D eigenvalue weighted by Gasteiger charge is -2.20. The lowest BCUT2D eigenvalue weighted by Crippen LogP contribution is -2.23. The average molecular weight is 503 g/mol. The largest absolute Gasteiger partial charge is 0.346 e. The topological polar surface area (TPSA) is 212 Å². The number of hydrogen-bond acceptors (Lipinski definition) is 11. The summed E-state index contributed by atoms with van der Waals surface area (Å²) in [6, 6.07) is 0. The molecule has 0 aliphatic heterocycles. The number of nitrogens with one attached hydrogen (secondary N) is 4. The van der Waals surface area contributed by atoms with E-state index in [1.165, 1.54) is 0 Å². The molecule has 0 bridgehead atoms. The molecule has 4 aromatic rings. The van der Waals surface area contributed by atoms with E-state index >= 15 is 0 Å². The summed E-state index contributed by atoms with van der Waals surface area (Å²) in [5, 5.41) is 5.62. The van der Waals surface area contributed by atoms with Gasteiger partial charge in [-0.15, -0.1) is 0 Å². The second-order valence-electron chi connectivity index (χ2n) is 9.82. The smallest absolute Gasteiger partial charge is 0.280 e. The first-order chi connectivity index (χ1) is 16.9. The van der Waals surface area contributed by atoms with E-state index in [1.807, 2.05) is 50.7 Å². The molecule has 4 heterocycles. The molecule has 0 atom stereocenters. The summed E-state index contributed by atoms with van der Waals surface area (Å²) in [6.07, 6.45) is 3.24. The minimum Gasteiger partial charge on any atom is -0.346 e. The first kappa shape index (κ1) is 26.8. The van der Waals surface area contributed by atoms with E-state index < -0.39 is 0 Å². The van der Waals surface area contributed by atoms with E-state index in [1.54, 1.807) is 12.7 Å². The number of ether oxygens (including phenoxy) is 1. The maximum absolute atomic E-state index is 11.9. The van der Waals surface area contributed by atoms with E-state index in [-0.39, 0.29) is 42.3 Å². The van der Waals surface area contributed by atoms with Crippen LogP contribution in [0.4, 0.5) is 11.9 Å². The molecule has 0 aliphatic carbocycles. The Morgan fingerprint density at radius 1 is 0.833 bits per heavy atom. The van der Waals surface area contributed by atoms with Gasteiger partial charge in [-0.3, -0.25) is 19.6 Å². The van der Waals surface area contributed by atoms with E-state index in [2.05, 4.69) is 40.5 Å². The zero-order valence-electron chi connectivity index (χ0n) is 21.3. The number of nitrogens with two attached hydrogens (primary N) is 2. The van der Waals surface area contributed by atoms with Gasteiger partial charge in [0.2, 0.25) is 11.9 Å². The first-order valence-electron chi connectivity index (χ1n) is 11.3. The Balaban J connectivity index is 0.000000202. The van der Waals surface area contributed by atoms with E-state index in [0.29, 0.717) is 34.2 Å². The molecule has 196 valence electrons. The zero-order chi connectivity index (χ0) is 26.7. The number of hydrogen-bond donors (Lipinski definition) is 6. The second kappa shape index (κ2) is 10.4. The molecule has 0 saturated heterocycles. The van der Waals surface area contributed by atoms with Crippen LogP contribution in [0.25, 0.3) is 22.3 Å². The summed E-state index contributed by atoms with van der Waals surface area (Å²) in [5.41, 5.74) is 11.4. The minimum absolute atomic E-state index is 0.0966. The second-order valence-corrected chi connectivity index (χ2v) is 9.82. The third-order valence-corrected chi connectivity index (χ3v) is 4.99. The maximum Gasteiger partial charge on any atom is 0.280 e. The normalized spacial score (nSPS) is 12.0. The minimum atomic E-state index is -0.289. The number of anilines is 2. The molecule has 0 unspecified atom stereocenters. The summed E-state index contributed by atoms with van der Waals surface area (Å²) in [6.45, 7) is 12.6. The molecular weight excluding hydrogens is 468 g/mol. The summed E-state index contributed by atoms with van der Waals surface area (Å²) in [5.74, 6) is 0.688. The van der Waals surface area contributed by atoms with Crippen molar-refractivity contribution in [1.29, 1.82) is 0 Å². The van der Waals surface area contributed by atoms with Gasteiger partial charge in [-0.2, -0.15) is 9.97 Å². The lowest BCUT2D eigenvalue weighted by molar-refractivity contribution is 0.159. The number of H-pyrrole nitrogens is 2. The summed E-state index contributed by atoms with van der Waals surface area (Å²) >= 11 is 0. The quantitative estimate of drug-likeness (QED) is 0.157. The molecule has 4 aromatic heterocycles. The molecule has 8 N–H and O–H groups in total. The Labute approximate surface area is 206 Å². The molecule has 0 spiro atoms. The highest BCUT2D eigenvalue weighted by Gasteiger charge is 2.20. The van der Waals surface area contributed by atoms with Crippen molar-refractivity contribution in [3.8, 4) is 0 Å². The predicted octanol–water partition coefficient (Wildman–Crippen LogP) is 0.380. The van der Waals surface area contributed by atoms with Gasteiger partial charge in [0.15, 0.2) is 22.3 Å². The highest BCUT2D eigenvalue weighted by Crippen LogP contribution is 2.20. The van der Waals surface area contributed by atoms with Crippen LogP contribution in [0.3, 0.4) is 0 Å². The highest BCUT2D eigenvalue weighted by molar-refractivity contribution is 5.71. The first-order valence-corrected chi connectivity index (χ1v) is 11.3. The molecule has 4 rings (SSSR count). The SMILES string of the molecule is CC(C)(C)n1cnc2c(=O)[nH]c(NCN)nc21.CC(C)(C)n1cnc2c(=O)[nH]c(NCOCN)nc21. The Morgan fingerprint density at radius 2 is 1.28 bits per heavy atom. The zero-order valence-corrected chi connectivity index (χ0v) is 21.3. The molecule has 15 nitrogen and oxygen atoms in total. The molecule has 0 amide bonds. The molecule has 0 aliphatic rings. The van der Waals surface area contributed by atoms with E-state index in [4.69, 9.17) is 16.2 Å². The summed E-state index contributed by atoms with van der Waals surface area (Å²) in [7, 11) is 0. The maximum atomic E-state index is 11.9. The number of rotatable bonds is 6. The number of aromatic nitrogens is 8. The van der Waals surface area contributed by atoms with Crippen molar-refractivity contribution in [3.05, 3.63) is 33.4 Å². The lowest BCUT2D eigenvalue weighted by atomic mass is 10.1. The third kappa shape index (κ3) is 5.87. The van der Waals surface area contributed by atoms with Gasteiger partial charge in [-0.25, -0.2) is 9.97 Å². The highest BCUT2D eigenvalue weighted by atomic mass is 16.5. The van der Waals surface area contributed by atoms with Gasteiger partial charge in [-0.1, -0.05) is 0 Å². The summed E-state index contributed by atoms with van der Waals surface area (Å²) < 4.78 is 8.66. The van der Waals surface area contributed by atoms with Crippen molar-refractivity contribution in [2.45, 2.75) is 52.6 Å². The fourth-order valence-electron chi connectivity index (χ4n) is 3.24. The molecule has 0 fully saturated rings. The molecule has 0 radical (unpaired) electrons. The molecular formula is C21H34N12O3. The van der Waals surface area contributed by atoms with Gasteiger partial charge in [0.1, 0.15) is 6.73 Å². The van der Waals surface area contributed by atoms with Crippen LogP contribution in [0, 0.1) is 0 Å². The Kier molecular flexibility index (Phi) is 7.76. The predicted molar refractivity (Wildman–Crippen MR) is 138 cm³/mol. The van der Waals surface area contributed by atoms with Gasteiger partial charge >= 0.3 is 0 Å². The number of imidazole rings is 2. The van der Waals surface area contributed by atoms with Crippen LogP contribution in [0.2, 0.25) is 0 Å². The van der Waals surface area contributed by atoms with Crippen molar-refractivity contribution >= 4 is 34.2 Å². The third-order valence-electron chi connectivity index (χ3n) is 4.99. The Morgan fingerprint density at radius 3 is 1.67 bits per heavy atom. The monoisotopic (exact) mass is 502 g/mol. The Bertz CT molecular complexity index is 1440. The van der Waals surface area contributed by atoms with Gasteiger partial charge < -0.3 is 36.0 Å². The number of fused-ring (bicyclic) bond motifs is 2. The van der Waals surface area contributed by atoms with Gasteiger partial charge in [0, 0.05) is 11.1 Å². The van der Waals surface area contributed by atoms with Crippen molar-refractivity contribution < 1.29 is 4.74 Å². The fraction of sp³-hybridized carbons (Fsp3) is 0.524. The molecule has 36 heavy (non-hydrogen) atoms. The van der Waals surface area contributed by atoms with Gasteiger partial charge in [-0.05, 0) is 41.5 Å². The van der Waals surface area contributed by atoms with Crippen molar-refractivity contribution in [2.75, 3.05) is 30.8 Å². The van der Waals surface area contributed by atoms with Crippen LogP contribution < -0.4 is 33.2 Å². The standard InChI is InChI=1S/C11H18N6O2.C10H16N6O/c1-11(2,3)17-5-13-7-8(17)15-10(16-9(7)18)14-6-19-4-12;1-10(2,3)16-5-13-6-7(16)14-9(12-4-11)15-8(6)17/h5H,4,6,12H2,1-3H3,(H2,14,15,16,18);5H,4,11H2,1-3H3,(H2,12,14,15,17). The van der Waals surface area contributed by atoms with Crippen LogP contribution in [0.15, 0.2) is 22.2 Å². The van der Waals surface area contributed by atoms with Crippen LogP contribution in [0.1, 0.15) is 41.5 Å². The van der Waals surface area contributed by atoms with Crippen molar-refractivity contribution in [3.63, 3.8) is 0 Å². The van der Waals surface area contributed by atoms with E-state index in [0.717, 1.165) is 0 Å². The fourth-order valence-corrected chi connectivity index (χ4v) is 3.24. The van der Waals surface area contributed by atoms with Gasteiger partial charge in [0.25, 0.3) is 11.1 Å². The number of aromatic amines is 2. The van der Waals surface area contributed by atoms with Crippen molar-refractivity contribution in [1.82, 2.24) is 39.0 Å². The Hall–Kier alpha value is -3.82. The van der Waals surface area contributed by atoms with Gasteiger partial charge in [0.05, 0.1) is 26.1 Å². The molecule has 0 aromatic carbocycles.